The molecule has 0 bridgehead atoms. The van der Waals surface area contributed by atoms with Gasteiger partial charge in [-0.3, -0.25) is 38.8 Å². The molecule has 0 aliphatic heterocycles. The average molecular weight is 878 g/mol. The summed E-state index contributed by atoms with van der Waals surface area (Å²) >= 11 is 15.3. The summed E-state index contributed by atoms with van der Waals surface area (Å²) in [7, 11) is 0. The highest BCUT2D eigenvalue weighted by Crippen LogP contribution is 2.39. The van der Waals surface area contributed by atoms with Crippen molar-refractivity contribution in [3.05, 3.63) is 58.1 Å². The third-order valence-corrected chi connectivity index (χ3v) is 9.89. The minimum absolute atomic E-state index is 0.0331. The first-order chi connectivity index (χ1) is 27.8. The molecule has 0 aliphatic rings. The summed E-state index contributed by atoms with van der Waals surface area (Å²) < 4.78 is 0. The Bertz CT molecular complexity index is 2020. The average Bonchev–Trinajstić information content (AvgIpc) is 3.16. The Morgan fingerprint density at radius 2 is 1.05 bits per heavy atom. The third kappa shape index (κ3) is 16.3. The normalized spacial score (nSPS) is 10.4. The van der Waals surface area contributed by atoms with Crippen molar-refractivity contribution in [2.45, 2.75) is 35.5 Å². The predicted molar refractivity (Wildman–Crippen MR) is 228 cm³/mol. The lowest BCUT2D eigenvalue weighted by molar-refractivity contribution is -0.117. The smallest absolute Gasteiger partial charge is 0.274 e. The second-order valence-electron chi connectivity index (χ2n) is 11.6. The molecule has 2 aromatic carbocycles. The molecule has 0 radical (unpaired) electrons. The number of unbranched alkanes of at least 4 members (excludes halogenated alkanes) is 1. The first-order valence-corrected chi connectivity index (χ1v) is 20.0. The van der Waals surface area contributed by atoms with Crippen LogP contribution in [0.4, 0.5) is 22.7 Å². The Balaban J connectivity index is 1.86. The number of rotatable bonds is 24. The molecule has 310 valence electrons. The molecule has 0 unspecified atom stereocenters. The standard InChI is InChI=1S/C34H42Cl2N14O6S2/c35-19-11-21(47-27(53)3-1-2-5-43-33(37)38)29(57-9-7-41-17-51)23(13-19)49-31(55)25-15-26(46-16-45-25)32(56)50-24-14-20(36)12-22(30(24)58-10-8-42-18-52)48-28(54)4-6-44-34(39)40/h11-18H,1-10H2,(H,41,51)(H,42,52)(H,47,53)(H,48,54)(H,49,55)(H,50,56)(H4,37,38,43)(H4,39,40,44). The highest BCUT2D eigenvalue weighted by atomic mass is 35.5. The fourth-order valence-corrected chi connectivity index (χ4v) is 7.05. The SMILES string of the molecule is NC(N)=NCCCCC(=O)Nc1cc(Cl)cc(NC(=O)c2cc(C(=O)Nc3cc(Cl)cc(NC(=O)CCN=C(N)N)c3SCCNC=O)ncn2)c1SCCNC=O. The molecule has 0 atom stereocenters. The van der Waals surface area contributed by atoms with E-state index in [1.165, 1.54) is 53.9 Å². The zero-order valence-corrected chi connectivity index (χ0v) is 34.0. The summed E-state index contributed by atoms with van der Waals surface area (Å²) in [6, 6.07) is 7.13. The van der Waals surface area contributed by atoms with Crippen LogP contribution in [0.25, 0.3) is 0 Å². The molecule has 0 fully saturated rings. The largest absolute Gasteiger partial charge is 0.370 e. The lowest BCUT2D eigenvalue weighted by Crippen LogP contribution is -2.23. The number of carbonyl (C=O) groups excluding carboxylic acids is 6. The molecule has 20 nitrogen and oxygen atoms in total. The number of nitrogens with zero attached hydrogens (tertiary/aromatic N) is 4. The van der Waals surface area contributed by atoms with Crippen molar-refractivity contribution in [1.29, 1.82) is 0 Å². The molecule has 14 N–H and O–H groups in total. The van der Waals surface area contributed by atoms with Gasteiger partial charge in [0, 0.05) is 60.1 Å². The van der Waals surface area contributed by atoms with Crippen LogP contribution in [0, 0.1) is 0 Å². The van der Waals surface area contributed by atoms with E-state index in [-0.39, 0.29) is 88.8 Å². The highest BCUT2D eigenvalue weighted by Gasteiger charge is 2.21. The molecule has 0 saturated heterocycles. The summed E-state index contributed by atoms with van der Waals surface area (Å²) in [6.45, 7) is 0.949. The van der Waals surface area contributed by atoms with Gasteiger partial charge in [-0.15, -0.1) is 23.5 Å². The van der Waals surface area contributed by atoms with Gasteiger partial charge in [0.1, 0.15) is 17.7 Å². The Hall–Kier alpha value is -5.84. The van der Waals surface area contributed by atoms with Gasteiger partial charge in [-0.25, -0.2) is 9.97 Å². The topological polar surface area (TPSA) is 329 Å². The molecule has 3 aromatic rings. The van der Waals surface area contributed by atoms with Gasteiger partial charge < -0.3 is 54.8 Å². The molecule has 1 aromatic heterocycles. The molecule has 1 heterocycles. The summed E-state index contributed by atoms with van der Waals surface area (Å²) in [5, 5.41) is 16.5. The van der Waals surface area contributed by atoms with Crippen LogP contribution in [0.2, 0.25) is 10.0 Å². The number of amides is 6. The number of benzene rings is 2. The van der Waals surface area contributed by atoms with Gasteiger partial charge in [-0.1, -0.05) is 23.2 Å². The van der Waals surface area contributed by atoms with Gasteiger partial charge in [-0.05, 0) is 37.1 Å². The Morgan fingerprint density at radius 1 is 0.621 bits per heavy atom. The van der Waals surface area contributed by atoms with Crippen molar-refractivity contribution < 1.29 is 28.8 Å². The molecule has 58 heavy (non-hydrogen) atoms. The quantitative estimate of drug-likeness (QED) is 0.0202. The molecular formula is C34H42Cl2N14O6S2. The lowest BCUT2D eigenvalue weighted by Gasteiger charge is -2.17. The number of thioether (sulfide) groups is 2. The van der Waals surface area contributed by atoms with E-state index in [0.29, 0.717) is 59.2 Å². The number of aromatic nitrogens is 2. The fourth-order valence-electron chi connectivity index (χ4n) is 4.71. The molecule has 3 rings (SSSR count). The maximum Gasteiger partial charge on any atom is 0.274 e. The second kappa shape index (κ2) is 24.7. The molecule has 24 heteroatoms. The minimum atomic E-state index is -0.749. The Labute approximate surface area is 351 Å². The predicted octanol–water partition coefficient (Wildman–Crippen LogP) is 1.95. The first-order valence-electron chi connectivity index (χ1n) is 17.2. The highest BCUT2D eigenvalue weighted by molar-refractivity contribution is 7.99. The van der Waals surface area contributed by atoms with Gasteiger partial charge in [0.2, 0.25) is 24.6 Å². The molecular weight excluding hydrogens is 836 g/mol. The van der Waals surface area contributed by atoms with Crippen LogP contribution >= 0.6 is 46.7 Å². The van der Waals surface area contributed by atoms with E-state index in [1.807, 2.05) is 0 Å². The van der Waals surface area contributed by atoms with E-state index in [1.54, 1.807) is 0 Å². The maximum atomic E-state index is 13.6. The van der Waals surface area contributed by atoms with E-state index in [4.69, 9.17) is 46.1 Å². The van der Waals surface area contributed by atoms with E-state index in [0.717, 1.165) is 6.33 Å². The monoisotopic (exact) mass is 876 g/mol. The summed E-state index contributed by atoms with van der Waals surface area (Å²) in [4.78, 5) is 91.1. The fraction of sp³-hybridized carbons (Fsp3) is 0.294. The van der Waals surface area contributed by atoms with E-state index >= 15 is 0 Å². The lowest BCUT2D eigenvalue weighted by atomic mass is 10.2. The van der Waals surface area contributed by atoms with Gasteiger partial charge in [-0.2, -0.15) is 0 Å². The number of carbonyl (C=O) groups is 6. The zero-order valence-electron chi connectivity index (χ0n) is 30.8. The van der Waals surface area contributed by atoms with Gasteiger partial charge in [0.15, 0.2) is 11.9 Å². The van der Waals surface area contributed by atoms with Gasteiger partial charge in [0.05, 0.1) is 39.1 Å². The van der Waals surface area contributed by atoms with Gasteiger partial charge in [0.25, 0.3) is 11.8 Å². The van der Waals surface area contributed by atoms with Crippen LogP contribution in [0.1, 0.15) is 46.7 Å². The number of nitrogens with two attached hydrogens (primary N) is 4. The number of hydrogen-bond acceptors (Lipinski definition) is 12. The number of guanidine groups is 2. The van der Waals surface area contributed by atoms with Crippen molar-refractivity contribution in [1.82, 2.24) is 20.6 Å². The maximum absolute atomic E-state index is 13.6. The second-order valence-corrected chi connectivity index (χ2v) is 14.7. The van der Waals surface area contributed by atoms with Crippen molar-refractivity contribution in [3.63, 3.8) is 0 Å². The molecule has 0 spiro atoms. The molecule has 6 amide bonds. The van der Waals surface area contributed by atoms with E-state index in [9.17, 15) is 28.8 Å². The van der Waals surface area contributed by atoms with Gasteiger partial charge >= 0.3 is 0 Å². The minimum Gasteiger partial charge on any atom is -0.370 e. The first kappa shape index (κ1) is 46.5. The number of halogens is 2. The summed E-state index contributed by atoms with van der Waals surface area (Å²) in [5.74, 6) is -1.74. The summed E-state index contributed by atoms with van der Waals surface area (Å²) in [5.41, 5.74) is 22.0. The van der Waals surface area contributed by atoms with Crippen LogP contribution in [0.15, 0.2) is 56.4 Å². The Kier molecular flexibility index (Phi) is 19.8. The molecule has 0 saturated carbocycles. The van der Waals surface area contributed by atoms with Crippen LogP contribution in [0.5, 0.6) is 0 Å². The van der Waals surface area contributed by atoms with E-state index < -0.39 is 17.7 Å². The number of anilines is 4. The van der Waals surface area contributed by atoms with Crippen LogP contribution in [-0.4, -0.2) is 96.0 Å². The van der Waals surface area contributed by atoms with Crippen molar-refractivity contribution in [2.24, 2.45) is 32.9 Å². The van der Waals surface area contributed by atoms with Crippen molar-refractivity contribution in [3.8, 4) is 0 Å². The van der Waals surface area contributed by atoms with E-state index in [2.05, 4.69) is 51.9 Å². The number of hydrogen-bond donors (Lipinski definition) is 10. The summed E-state index contributed by atoms with van der Waals surface area (Å²) in [6.07, 6.45) is 3.29. The van der Waals surface area contributed by atoms with Crippen LogP contribution in [0.3, 0.4) is 0 Å². The number of aliphatic imine (C=N–C) groups is 2. The van der Waals surface area contributed by atoms with Crippen molar-refractivity contribution >= 4 is 118 Å². The third-order valence-electron chi connectivity index (χ3n) is 7.18. The van der Waals surface area contributed by atoms with Crippen LogP contribution in [-0.2, 0) is 19.2 Å². The van der Waals surface area contributed by atoms with Crippen molar-refractivity contribution in [2.75, 3.05) is 59.0 Å². The Morgan fingerprint density at radius 3 is 1.50 bits per heavy atom. The zero-order chi connectivity index (χ0) is 42.5. The van der Waals surface area contributed by atoms with Crippen LogP contribution < -0.4 is 54.8 Å². The number of nitrogens with one attached hydrogen (secondary N) is 6. The molecule has 0 aliphatic carbocycles.